The van der Waals surface area contributed by atoms with Gasteiger partial charge in [0.25, 0.3) is 0 Å². The van der Waals surface area contributed by atoms with Gasteiger partial charge in [0.2, 0.25) is 0 Å². The first kappa shape index (κ1) is 9.96. The molecular weight excluding hydrogens is 174 g/mol. The van der Waals surface area contributed by atoms with E-state index >= 15 is 0 Å². The summed E-state index contributed by atoms with van der Waals surface area (Å²) in [7, 11) is 0. The molecule has 0 unspecified atom stereocenters. The standard InChI is InChI=1S/C10H12F2O/c1-10(2,3)13-9-7(11)5-4-6-8(9)12/h4-6H,1-3H3. The highest BCUT2D eigenvalue weighted by Gasteiger charge is 2.17. The molecule has 0 saturated carbocycles. The summed E-state index contributed by atoms with van der Waals surface area (Å²) in [5.74, 6) is -1.65. The molecule has 0 N–H and O–H groups in total. The van der Waals surface area contributed by atoms with Crippen molar-refractivity contribution in [3.8, 4) is 5.75 Å². The van der Waals surface area contributed by atoms with Crippen LogP contribution in [0.1, 0.15) is 20.8 Å². The van der Waals surface area contributed by atoms with Gasteiger partial charge in [-0.15, -0.1) is 0 Å². The number of para-hydroxylation sites is 1. The summed E-state index contributed by atoms with van der Waals surface area (Å²) >= 11 is 0. The molecule has 72 valence electrons. The summed E-state index contributed by atoms with van der Waals surface area (Å²) in [6, 6.07) is 3.65. The Balaban J connectivity index is 3.00. The third-order valence-electron chi connectivity index (χ3n) is 1.33. The Morgan fingerprint density at radius 1 is 1.08 bits per heavy atom. The molecule has 0 atom stereocenters. The third-order valence-corrected chi connectivity index (χ3v) is 1.33. The van der Waals surface area contributed by atoms with E-state index in [1.807, 2.05) is 0 Å². The van der Waals surface area contributed by atoms with Gasteiger partial charge in [-0.1, -0.05) is 6.07 Å². The molecular formula is C10H12F2O. The lowest BCUT2D eigenvalue weighted by molar-refractivity contribution is 0.117. The van der Waals surface area contributed by atoms with Gasteiger partial charge in [0, 0.05) is 0 Å². The smallest absolute Gasteiger partial charge is 0.191 e. The molecule has 0 spiro atoms. The van der Waals surface area contributed by atoms with Crippen molar-refractivity contribution >= 4 is 0 Å². The van der Waals surface area contributed by atoms with Gasteiger partial charge in [0.15, 0.2) is 17.4 Å². The minimum Gasteiger partial charge on any atom is -0.482 e. The number of rotatable bonds is 1. The van der Waals surface area contributed by atoms with E-state index in [0.29, 0.717) is 0 Å². The summed E-state index contributed by atoms with van der Waals surface area (Å²) in [4.78, 5) is 0. The summed E-state index contributed by atoms with van der Waals surface area (Å²) in [6.45, 7) is 5.20. The fourth-order valence-electron chi connectivity index (χ4n) is 0.886. The highest BCUT2D eigenvalue weighted by molar-refractivity contribution is 5.26. The van der Waals surface area contributed by atoms with Gasteiger partial charge in [-0.05, 0) is 32.9 Å². The van der Waals surface area contributed by atoms with Crippen molar-refractivity contribution in [1.82, 2.24) is 0 Å². The SMILES string of the molecule is CC(C)(C)Oc1c(F)cccc1F. The molecule has 0 radical (unpaired) electrons. The molecule has 0 bridgehead atoms. The van der Waals surface area contributed by atoms with Crippen molar-refractivity contribution in [3.05, 3.63) is 29.8 Å². The van der Waals surface area contributed by atoms with Crippen LogP contribution >= 0.6 is 0 Å². The van der Waals surface area contributed by atoms with Gasteiger partial charge in [-0.25, -0.2) is 8.78 Å². The molecule has 0 aliphatic heterocycles. The lowest BCUT2D eigenvalue weighted by atomic mass is 10.2. The number of hydrogen-bond donors (Lipinski definition) is 0. The molecule has 1 rings (SSSR count). The van der Waals surface area contributed by atoms with E-state index in [1.54, 1.807) is 20.8 Å². The molecule has 1 aromatic rings. The van der Waals surface area contributed by atoms with Crippen molar-refractivity contribution < 1.29 is 13.5 Å². The van der Waals surface area contributed by atoms with E-state index in [-0.39, 0.29) is 5.75 Å². The number of halogens is 2. The van der Waals surface area contributed by atoms with Crippen LogP contribution in [0.15, 0.2) is 18.2 Å². The molecule has 0 amide bonds. The predicted molar refractivity (Wildman–Crippen MR) is 46.7 cm³/mol. The third kappa shape index (κ3) is 2.68. The molecule has 1 aromatic carbocycles. The van der Waals surface area contributed by atoms with Gasteiger partial charge in [-0.3, -0.25) is 0 Å². The van der Waals surface area contributed by atoms with Gasteiger partial charge >= 0.3 is 0 Å². The fourth-order valence-corrected chi connectivity index (χ4v) is 0.886. The Bertz CT molecular complexity index is 282. The second-order valence-corrected chi connectivity index (χ2v) is 3.77. The largest absolute Gasteiger partial charge is 0.482 e. The van der Waals surface area contributed by atoms with Crippen molar-refractivity contribution in [3.63, 3.8) is 0 Å². The van der Waals surface area contributed by atoms with Crippen molar-refractivity contribution in [2.75, 3.05) is 0 Å². The van der Waals surface area contributed by atoms with Crippen molar-refractivity contribution in [1.29, 1.82) is 0 Å². The zero-order valence-electron chi connectivity index (χ0n) is 7.90. The maximum Gasteiger partial charge on any atom is 0.191 e. The highest BCUT2D eigenvalue weighted by Crippen LogP contribution is 2.24. The van der Waals surface area contributed by atoms with E-state index in [4.69, 9.17) is 4.74 Å². The van der Waals surface area contributed by atoms with E-state index in [2.05, 4.69) is 0 Å². The average Bonchev–Trinajstić information content (AvgIpc) is 1.95. The van der Waals surface area contributed by atoms with E-state index < -0.39 is 17.2 Å². The monoisotopic (exact) mass is 186 g/mol. The van der Waals surface area contributed by atoms with E-state index in [0.717, 1.165) is 0 Å². The zero-order valence-corrected chi connectivity index (χ0v) is 7.90. The zero-order chi connectivity index (χ0) is 10.1. The summed E-state index contributed by atoms with van der Waals surface area (Å²) < 4.78 is 31.1. The maximum atomic E-state index is 13.0. The Hall–Kier alpha value is -1.12. The second-order valence-electron chi connectivity index (χ2n) is 3.77. The molecule has 0 aliphatic carbocycles. The lowest BCUT2D eigenvalue weighted by Crippen LogP contribution is -2.24. The topological polar surface area (TPSA) is 9.23 Å². The highest BCUT2D eigenvalue weighted by atomic mass is 19.1. The Labute approximate surface area is 76.3 Å². The molecule has 0 heterocycles. The Morgan fingerprint density at radius 2 is 1.54 bits per heavy atom. The molecule has 0 aromatic heterocycles. The van der Waals surface area contributed by atoms with Gasteiger partial charge in [0.05, 0.1) is 0 Å². The molecule has 1 nitrogen and oxygen atoms in total. The van der Waals surface area contributed by atoms with Gasteiger partial charge in [0.1, 0.15) is 5.60 Å². The first-order valence-electron chi connectivity index (χ1n) is 4.03. The van der Waals surface area contributed by atoms with Crippen LogP contribution in [-0.2, 0) is 0 Å². The van der Waals surface area contributed by atoms with Crippen LogP contribution in [0.2, 0.25) is 0 Å². The predicted octanol–water partition coefficient (Wildman–Crippen LogP) is 3.14. The summed E-state index contributed by atoms with van der Waals surface area (Å²) in [5.41, 5.74) is -0.594. The summed E-state index contributed by atoms with van der Waals surface area (Å²) in [6.07, 6.45) is 0. The normalized spacial score (nSPS) is 11.5. The minimum absolute atomic E-state index is 0.310. The van der Waals surface area contributed by atoms with Crippen LogP contribution in [0.5, 0.6) is 5.75 Å². The number of benzene rings is 1. The van der Waals surface area contributed by atoms with Crippen molar-refractivity contribution in [2.24, 2.45) is 0 Å². The van der Waals surface area contributed by atoms with E-state index in [9.17, 15) is 8.78 Å². The molecule has 0 fully saturated rings. The van der Waals surface area contributed by atoms with Crippen LogP contribution in [0.25, 0.3) is 0 Å². The van der Waals surface area contributed by atoms with Gasteiger partial charge in [-0.2, -0.15) is 0 Å². The van der Waals surface area contributed by atoms with Crippen LogP contribution < -0.4 is 4.74 Å². The first-order valence-corrected chi connectivity index (χ1v) is 4.03. The molecule has 13 heavy (non-hydrogen) atoms. The maximum absolute atomic E-state index is 13.0. The van der Waals surface area contributed by atoms with Crippen LogP contribution in [0.3, 0.4) is 0 Å². The quantitative estimate of drug-likeness (QED) is 0.654. The minimum atomic E-state index is -0.671. The Morgan fingerprint density at radius 3 is 1.92 bits per heavy atom. The second kappa shape index (κ2) is 3.32. The molecule has 3 heteroatoms. The van der Waals surface area contributed by atoms with Crippen LogP contribution in [-0.4, -0.2) is 5.60 Å². The van der Waals surface area contributed by atoms with Crippen LogP contribution in [0, 0.1) is 11.6 Å². The Kier molecular flexibility index (Phi) is 2.55. The first-order chi connectivity index (χ1) is 5.90. The van der Waals surface area contributed by atoms with E-state index in [1.165, 1.54) is 18.2 Å². The number of ether oxygens (including phenoxy) is 1. The molecule has 0 aliphatic rings. The van der Waals surface area contributed by atoms with Gasteiger partial charge < -0.3 is 4.74 Å². The summed E-state index contributed by atoms with van der Waals surface area (Å²) in [5, 5.41) is 0. The molecule has 0 saturated heterocycles. The number of hydrogen-bond acceptors (Lipinski definition) is 1. The van der Waals surface area contributed by atoms with Crippen LogP contribution in [0.4, 0.5) is 8.78 Å². The lowest BCUT2D eigenvalue weighted by Gasteiger charge is -2.21. The fraction of sp³-hybridized carbons (Fsp3) is 0.400. The van der Waals surface area contributed by atoms with Crippen molar-refractivity contribution in [2.45, 2.75) is 26.4 Å². The average molecular weight is 186 g/mol.